The summed E-state index contributed by atoms with van der Waals surface area (Å²) in [6.45, 7) is 1.81. The summed E-state index contributed by atoms with van der Waals surface area (Å²) in [7, 11) is 3.17. The molecule has 1 aliphatic rings. The third kappa shape index (κ3) is 4.13. The number of aryl methyl sites for hydroxylation is 1. The lowest BCUT2D eigenvalue weighted by Gasteiger charge is -2.25. The molecule has 1 unspecified atom stereocenters. The van der Waals surface area contributed by atoms with Crippen LogP contribution in [0.5, 0.6) is 0 Å². The van der Waals surface area contributed by atoms with Gasteiger partial charge in [-0.3, -0.25) is 9.79 Å². The first-order chi connectivity index (χ1) is 13.2. The van der Waals surface area contributed by atoms with Gasteiger partial charge in [0.15, 0.2) is 0 Å². The zero-order valence-corrected chi connectivity index (χ0v) is 15.8. The Bertz CT molecular complexity index is 961. The Morgan fingerprint density at radius 2 is 1.86 bits per heavy atom. The average molecular weight is 387 g/mol. The van der Waals surface area contributed by atoms with Gasteiger partial charge in [-0.05, 0) is 30.7 Å². The van der Waals surface area contributed by atoms with E-state index in [1.165, 1.54) is 11.0 Å². The second-order valence-electron chi connectivity index (χ2n) is 6.90. The number of aromatic nitrogens is 1. The summed E-state index contributed by atoms with van der Waals surface area (Å²) in [6.07, 6.45) is -3.45. The molecule has 7 heteroatoms. The maximum Gasteiger partial charge on any atom is 0.413 e. The second-order valence-corrected chi connectivity index (χ2v) is 6.90. The first kappa shape index (κ1) is 19.8. The van der Waals surface area contributed by atoms with Crippen LogP contribution >= 0.6 is 0 Å². The SMILES string of the molecule is Cc1cccc(C2CN=C(c3cccc(C(=O)N(C)C)n3)C=C2C(F)(F)F)c1. The minimum absolute atomic E-state index is 0.0301. The van der Waals surface area contributed by atoms with Crippen molar-refractivity contribution in [3.63, 3.8) is 0 Å². The smallest absolute Gasteiger partial charge is 0.343 e. The Hall–Kier alpha value is -2.96. The fourth-order valence-electron chi connectivity index (χ4n) is 3.11. The average Bonchev–Trinajstić information content (AvgIpc) is 2.66. The monoisotopic (exact) mass is 387 g/mol. The van der Waals surface area contributed by atoms with E-state index in [0.717, 1.165) is 11.6 Å². The zero-order valence-electron chi connectivity index (χ0n) is 15.8. The first-order valence-corrected chi connectivity index (χ1v) is 8.75. The van der Waals surface area contributed by atoms with Crippen molar-refractivity contribution >= 4 is 11.6 Å². The lowest BCUT2D eigenvalue weighted by Crippen LogP contribution is -2.27. The second kappa shape index (κ2) is 7.58. The molecule has 0 saturated heterocycles. The van der Waals surface area contributed by atoms with Crippen LogP contribution in [0, 0.1) is 6.92 Å². The summed E-state index contributed by atoms with van der Waals surface area (Å²) >= 11 is 0. The summed E-state index contributed by atoms with van der Waals surface area (Å²) < 4.78 is 41.3. The van der Waals surface area contributed by atoms with E-state index in [1.54, 1.807) is 44.4 Å². The van der Waals surface area contributed by atoms with E-state index < -0.39 is 17.7 Å². The van der Waals surface area contributed by atoms with E-state index in [0.29, 0.717) is 5.56 Å². The van der Waals surface area contributed by atoms with Crippen molar-refractivity contribution in [2.24, 2.45) is 4.99 Å². The molecular weight excluding hydrogens is 367 g/mol. The van der Waals surface area contributed by atoms with Crippen LogP contribution in [0.15, 0.2) is 59.1 Å². The summed E-state index contributed by atoms with van der Waals surface area (Å²) in [4.78, 5) is 22.0. The van der Waals surface area contributed by atoms with Crippen LogP contribution in [-0.4, -0.2) is 48.3 Å². The van der Waals surface area contributed by atoms with Crippen molar-refractivity contribution in [2.45, 2.75) is 19.0 Å². The maximum atomic E-state index is 13.8. The highest BCUT2D eigenvalue weighted by molar-refractivity contribution is 6.09. The van der Waals surface area contributed by atoms with Gasteiger partial charge in [0.25, 0.3) is 5.91 Å². The van der Waals surface area contributed by atoms with Gasteiger partial charge in [-0.25, -0.2) is 4.98 Å². The molecule has 0 fully saturated rings. The number of dihydropyridines is 1. The molecule has 28 heavy (non-hydrogen) atoms. The largest absolute Gasteiger partial charge is 0.413 e. The number of alkyl halides is 3. The van der Waals surface area contributed by atoms with Gasteiger partial charge in [0.1, 0.15) is 5.69 Å². The van der Waals surface area contributed by atoms with Crippen molar-refractivity contribution in [3.05, 3.63) is 76.6 Å². The number of hydrogen-bond donors (Lipinski definition) is 0. The Balaban J connectivity index is 2.00. The summed E-state index contributed by atoms with van der Waals surface area (Å²) in [5.41, 5.74) is 1.35. The zero-order chi connectivity index (χ0) is 20.5. The van der Waals surface area contributed by atoms with Gasteiger partial charge in [0, 0.05) is 25.6 Å². The van der Waals surface area contributed by atoms with Crippen LogP contribution in [0.2, 0.25) is 0 Å². The van der Waals surface area contributed by atoms with Crippen LogP contribution in [0.1, 0.15) is 33.2 Å². The van der Waals surface area contributed by atoms with Crippen molar-refractivity contribution in [1.29, 1.82) is 0 Å². The summed E-state index contributed by atoms with van der Waals surface area (Å²) in [5.74, 6) is -1.19. The summed E-state index contributed by atoms with van der Waals surface area (Å²) in [5, 5.41) is 0. The molecule has 0 spiro atoms. The minimum atomic E-state index is -4.49. The van der Waals surface area contributed by atoms with Crippen LogP contribution in [-0.2, 0) is 0 Å². The molecule has 3 rings (SSSR count). The predicted octanol–water partition coefficient (Wildman–Crippen LogP) is 4.17. The third-order valence-electron chi connectivity index (χ3n) is 4.52. The fourth-order valence-corrected chi connectivity index (χ4v) is 3.11. The molecule has 0 saturated carbocycles. The molecule has 0 radical (unpaired) electrons. The lowest BCUT2D eigenvalue weighted by atomic mass is 9.87. The number of pyridine rings is 1. The van der Waals surface area contributed by atoms with E-state index in [-0.39, 0.29) is 29.6 Å². The van der Waals surface area contributed by atoms with Gasteiger partial charge in [-0.1, -0.05) is 35.9 Å². The van der Waals surface area contributed by atoms with Crippen molar-refractivity contribution in [2.75, 3.05) is 20.6 Å². The standard InChI is InChI=1S/C21H20F3N3O/c1-13-6-4-7-14(10-13)15-12-25-19(11-16(15)21(22,23)24)17-8-5-9-18(26-17)20(28)27(2)3/h4-11,15H,12H2,1-3H3. The van der Waals surface area contributed by atoms with Crippen molar-refractivity contribution < 1.29 is 18.0 Å². The van der Waals surface area contributed by atoms with Crippen molar-refractivity contribution in [3.8, 4) is 0 Å². The highest BCUT2D eigenvalue weighted by atomic mass is 19.4. The summed E-state index contributed by atoms with van der Waals surface area (Å²) in [6, 6.07) is 11.7. The number of hydrogen-bond acceptors (Lipinski definition) is 3. The van der Waals surface area contributed by atoms with E-state index in [2.05, 4.69) is 9.98 Å². The molecule has 4 nitrogen and oxygen atoms in total. The maximum absolute atomic E-state index is 13.8. The highest BCUT2D eigenvalue weighted by Crippen LogP contribution is 2.39. The molecule has 1 aliphatic heterocycles. The molecule has 146 valence electrons. The first-order valence-electron chi connectivity index (χ1n) is 8.75. The molecule has 1 atom stereocenters. The molecule has 0 N–H and O–H groups in total. The Morgan fingerprint density at radius 3 is 2.50 bits per heavy atom. The molecule has 1 aromatic carbocycles. The molecule has 0 aliphatic carbocycles. The van der Waals surface area contributed by atoms with Gasteiger partial charge < -0.3 is 4.90 Å². The molecule has 1 amide bonds. The predicted molar refractivity (Wildman–Crippen MR) is 102 cm³/mol. The third-order valence-corrected chi connectivity index (χ3v) is 4.52. The number of nitrogens with zero attached hydrogens (tertiary/aromatic N) is 3. The van der Waals surface area contributed by atoms with Crippen LogP contribution < -0.4 is 0 Å². The van der Waals surface area contributed by atoms with Crippen LogP contribution in [0.25, 0.3) is 0 Å². The number of halogens is 3. The Labute approximate surface area is 161 Å². The minimum Gasteiger partial charge on any atom is -0.343 e. The number of carbonyl (C=O) groups excluding carboxylic acids is 1. The fraction of sp³-hybridized carbons (Fsp3) is 0.286. The molecule has 1 aromatic heterocycles. The number of rotatable bonds is 3. The highest BCUT2D eigenvalue weighted by Gasteiger charge is 2.41. The number of carbonyl (C=O) groups is 1. The number of aliphatic imine (C=N–C) groups is 1. The van der Waals surface area contributed by atoms with Gasteiger partial charge in [0.2, 0.25) is 0 Å². The van der Waals surface area contributed by atoms with Crippen molar-refractivity contribution in [1.82, 2.24) is 9.88 Å². The Kier molecular flexibility index (Phi) is 5.36. The number of allylic oxidation sites excluding steroid dienone is 1. The van der Waals surface area contributed by atoms with Gasteiger partial charge in [0.05, 0.1) is 18.0 Å². The topological polar surface area (TPSA) is 45.6 Å². The van der Waals surface area contributed by atoms with Gasteiger partial charge in [-0.2, -0.15) is 13.2 Å². The van der Waals surface area contributed by atoms with Crippen LogP contribution in [0.4, 0.5) is 13.2 Å². The normalized spacial score (nSPS) is 17.0. The molecule has 0 bridgehead atoms. The molecule has 2 aromatic rings. The van der Waals surface area contributed by atoms with Crippen LogP contribution in [0.3, 0.4) is 0 Å². The molecular formula is C21H20F3N3O. The van der Waals surface area contributed by atoms with E-state index in [9.17, 15) is 18.0 Å². The quantitative estimate of drug-likeness (QED) is 0.794. The van der Waals surface area contributed by atoms with Gasteiger partial charge >= 0.3 is 6.18 Å². The Morgan fingerprint density at radius 1 is 1.14 bits per heavy atom. The van der Waals surface area contributed by atoms with E-state index in [4.69, 9.17) is 0 Å². The number of amides is 1. The number of benzene rings is 1. The lowest BCUT2D eigenvalue weighted by molar-refractivity contribution is -0.0957. The van der Waals surface area contributed by atoms with Gasteiger partial charge in [-0.15, -0.1) is 0 Å². The van der Waals surface area contributed by atoms with E-state index >= 15 is 0 Å². The van der Waals surface area contributed by atoms with E-state index in [1.807, 2.05) is 13.0 Å². The molecule has 2 heterocycles.